The number of non-ortho nitro benzene ring substituents is 1. The lowest BCUT2D eigenvalue weighted by Crippen LogP contribution is -2.08. The summed E-state index contributed by atoms with van der Waals surface area (Å²) in [5, 5.41) is 23.5. The first kappa shape index (κ1) is 19.7. The summed E-state index contributed by atoms with van der Waals surface area (Å²) in [5.74, 6) is 2.33. The lowest BCUT2D eigenvalue weighted by atomic mass is 10.2. The monoisotopic (exact) mass is 399 g/mol. The predicted molar refractivity (Wildman–Crippen MR) is 109 cm³/mol. The summed E-state index contributed by atoms with van der Waals surface area (Å²) in [5.41, 5.74) is 2.07. The van der Waals surface area contributed by atoms with Gasteiger partial charge in [-0.3, -0.25) is 10.1 Å². The van der Waals surface area contributed by atoms with E-state index in [1.807, 2.05) is 24.3 Å². The lowest BCUT2D eigenvalue weighted by molar-refractivity contribution is -0.384. The summed E-state index contributed by atoms with van der Waals surface area (Å²) in [6.45, 7) is 3.37. The molecule has 28 heavy (non-hydrogen) atoms. The zero-order valence-electron chi connectivity index (χ0n) is 15.7. The highest BCUT2D eigenvalue weighted by atomic mass is 32.2. The fraction of sp³-hybridized carbons (Fsp3) is 0.263. The Morgan fingerprint density at radius 1 is 1.14 bits per heavy atom. The van der Waals surface area contributed by atoms with Gasteiger partial charge in [0.05, 0.1) is 18.6 Å². The average Bonchev–Trinajstić information content (AvgIpc) is 3.13. The minimum atomic E-state index is -0.396. The van der Waals surface area contributed by atoms with Gasteiger partial charge in [0.15, 0.2) is 11.0 Å². The molecule has 0 aliphatic rings. The van der Waals surface area contributed by atoms with Gasteiger partial charge in [-0.05, 0) is 36.8 Å². The molecule has 0 saturated heterocycles. The molecule has 9 heteroatoms. The lowest BCUT2D eigenvalue weighted by Gasteiger charge is -2.09. The maximum Gasteiger partial charge on any atom is 0.269 e. The van der Waals surface area contributed by atoms with E-state index in [1.54, 1.807) is 31.0 Å². The second kappa shape index (κ2) is 9.23. The van der Waals surface area contributed by atoms with E-state index in [2.05, 4.69) is 27.0 Å². The smallest absolute Gasteiger partial charge is 0.269 e. The predicted octanol–water partition coefficient (Wildman–Crippen LogP) is 4.12. The quantitative estimate of drug-likeness (QED) is 0.328. The maximum atomic E-state index is 10.7. The molecular weight excluding hydrogens is 378 g/mol. The molecule has 2 aromatic carbocycles. The number of nitrogens with one attached hydrogen (secondary N) is 1. The van der Waals surface area contributed by atoms with Crippen LogP contribution in [0.15, 0.2) is 53.7 Å². The Kier molecular flexibility index (Phi) is 6.49. The van der Waals surface area contributed by atoms with Crippen LogP contribution in [-0.4, -0.2) is 26.8 Å². The Bertz CT molecular complexity index is 926. The molecule has 8 nitrogen and oxygen atoms in total. The third-order valence-electron chi connectivity index (χ3n) is 4.17. The van der Waals surface area contributed by atoms with Gasteiger partial charge in [-0.1, -0.05) is 23.9 Å². The van der Waals surface area contributed by atoms with Crippen molar-refractivity contribution in [2.24, 2.45) is 0 Å². The van der Waals surface area contributed by atoms with Crippen LogP contribution in [0.5, 0.6) is 5.75 Å². The van der Waals surface area contributed by atoms with Crippen molar-refractivity contribution >= 4 is 23.1 Å². The zero-order chi connectivity index (χ0) is 19.9. The van der Waals surface area contributed by atoms with E-state index in [4.69, 9.17) is 4.74 Å². The first-order chi connectivity index (χ1) is 13.6. The normalized spacial score (nSPS) is 10.6. The van der Waals surface area contributed by atoms with Crippen molar-refractivity contribution in [2.45, 2.75) is 30.9 Å². The van der Waals surface area contributed by atoms with Crippen LogP contribution in [0, 0.1) is 10.1 Å². The molecule has 0 aliphatic heterocycles. The molecule has 0 atom stereocenters. The van der Waals surface area contributed by atoms with Crippen molar-refractivity contribution in [1.82, 2.24) is 14.8 Å². The Hall–Kier alpha value is -3.07. The zero-order valence-corrected chi connectivity index (χ0v) is 16.5. The second-order valence-electron chi connectivity index (χ2n) is 5.94. The highest BCUT2D eigenvalue weighted by Gasteiger charge is 2.12. The Balaban J connectivity index is 1.61. The third-order valence-corrected chi connectivity index (χ3v) is 5.20. The largest absolute Gasteiger partial charge is 0.497 e. The average molecular weight is 399 g/mol. The van der Waals surface area contributed by atoms with Crippen LogP contribution in [0.25, 0.3) is 0 Å². The molecule has 0 spiro atoms. The molecule has 146 valence electrons. The Labute approximate surface area is 167 Å². The summed E-state index contributed by atoms with van der Waals surface area (Å²) >= 11 is 1.56. The van der Waals surface area contributed by atoms with Gasteiger partial charge in [-0.25, -0.2) is 0 Å². The van der Waals surface area contributed by atoms with Crippen LogP contribution >= 0.6 is 11.8 Å². The highest BCUT2D eigenvalue weighted by Crippen LogP contribution is 2.24. The van der Waals surface area contributed by atoms with E-state index in [1.165, 1.54) is 12.1 Å². The minimum Gasteiger partial charge on any atom is -0.497 e. The van der Waals surface area contributed by atoms with Gasteiger partial charge in [-0.2, -0.15) is 0 Å². The van der Waals surface area contributed by atoms with Crippen molar-refractivity contribution in [3.8, 4) is 5.75 Å². The van der Waals surface area contributed by atoms with Gasteiger partial charge in [0.1, 0.15) is 5.75 Å². The topological polar surface area (TPSA) is 95.1 Å². The summed E-state index contributed by atoms with van der Waals surface area (Å²) < 4.78 is 7.23. The van der Waals surface area contributed by atoms with Crippen LogP contribution in [0.1, 0.15) is 18.3 Å². The van der Waals surface area contributed by atoms with Gasteiger partial charge >= 0.3 is 0 Å². The maximum absolute atomic E-state index is 10.7. The number of aromatic nitrogens is 3. The summed E-state index contributed by atoms with van der Waals surface area (Å²) in [6, 6.07) is 14.3. The molecule has 0 unspecified atom stereocenters. The van der Waals surface area contributed by atoms with Gasteiger partial charge in [0.25, 0.3) is 5.69 Å². The molecular formula is C19H21N5O3S. The van der Waals surface area contributed by atoms with E-state index in [0.29, 0.717) is 12.3 Å². The van der Waals surface area contributed by atoms with Crippen LogP contribution in [0.2, 0.25) is 0 Å². The standard InChI is InChI=1S/C19H21N5O3S/c1-3-23-18(12-20-15-6-10-17(27-2)11-7-15)21-22-19(23)28-13-14-4-8-16(9-5-14)24(25)26/h4-11,20H,3,12-13H2,1-2H3. The van der Waals surface area contributed by atoms with Crippen LogP contribution < -0.4 is 10.1 Å². The number of hydrogen-bond donors (Lipinski definition) is 1. The molecule has 0 amide bonds. The van der Waals surface area contributed by atoms with E-state index >= 15 is 0 Å². The first-order valence-electron chi connectivity index (χ1n) is 8.77. The van der Waals surface area contributed by atoms with Crippen LogP contribution in [-0.2, 0) is 18.8 Å². The number of rotatable bonds is 9. The van der Waals surface area contributed by atoms with Gasteiger partial charge in [-0.15, -0.1) is 10.2 Å². The van der Waals surface area contributed by atoms with Gasteiger partial charge < -0.3 is 14.6 Å². The van der Waals surface area contributed by atoms with Gasteiger partial charge in [0.2, 0.25) is 0 Å². The number of nitrogens with zero attached hydrogens (tertiary/aromatic N) is 4. The SMILES string of the molecule is CCn1c(CNc2ccc(OC)cc2)nnc1SCc1ccc([N+](=O)[O-])cc1. The van der Waals surface area contributed by atoms with E-state index < -0.39 is 4.92 Å². The molecule has 3 rings (SSSR count). The minimum absolute atomic E-state index is 0.0948. The first-order valence-corrected chi connectivity index (χ1v) is 9.75. The van der Waals surface area contributed by atoms with Crippen molar-refractivity contribution in [1.29, 1.82) is 0 Å². The van der Waals surface area contributed by atoms with Crippen molar-refractivity contribution < 1.29 is 9.66 Å². The van der Waals surface area contributed by atoms with Crippen molar-refractivity contribution in [3.05, 3.63) is 70.0 Å². The molecule has 1 heterocycles. The van der Waals surface area contributed by atoms with Crippen LogP contribution in [0.3, 0.4) is 0 Å². The Morgan fingerprint density at radius 2 is 1.86 bits per heavy atom. The molecule has 1 N–H and O–H groups in total. The molecule has 0 aliphatic carbocycles. The number of thioether (sulfide) groups is 1. The number of anilines is 1. The van der Waals surface area contributed by atoms with Gasteiger partial charge in [0, 0.05) is 30.1 Å². The van der Waals surface area contributed by atoms with E-state index in [-0.39, 0.29) is 5.69 Å². The second-order valence-corrected chi connectivity index (χ2v) is 6.88. The molecule has 0 bridgehead atoms. The molecule has 1 aromatic heterocycles. The molecule has 0 saturated carbocycles. The Morgan fingerprint density at radius 3 is 2.46 bits per heavy atom. The summed E-state index contributed by atoms with van der Waals surface area (Å²) in [6.07, 6.45) is 0. The van der Waals surface area contributed by atoms with E-state index in [0.717, 1.165) is 34.5 Å². The number of nitro benzene ring substituents is 1. The fourth-order valence-electron chi connectivity index (χ4n) is 2.63. The number of ether oxygens (including phenoxy) is 1. The number of methoxy groups -OCH3 is 1. The number of nitro groups is 1. The highest BCUT2D eigenvalue weighted by molar-refractivity contribution is 7.98. The molecule has 0 radical (unpaired) electrons. The van der Waals surface area contributed by atoms with E-state index in [9.17, 15) is 10.1 Å². The fourth-order valence-corrected chi connectivity index (χ4v) is 3.60. The van der Waals surface area contributed by atoms with Crippen LogP contribution in [0.4, 0.5) is 11.4 Å². The van der Waals surface area contributed by atoms with Crippen molar-refractivity contribution in [2.75, 3.05) is 12.4 Å². The molecule has 3 aromatic rings. The summed E-state index contributed by atoms with van der Waals surface area (Å²) in [7, 11) is 1.64. The molecule has 0 fully saturated rings. The van der Waals surface area contributed by atoms with Crippen molar-refractivity contribution in [3.63, 3.8) is 0 Å². The number of hydrogen-bond acceptors (Lipinski definition) is 7. The number of benzene rings is 2. The third kappa shape index (κ3) is 4.80. The summed E-state index contributed by atoms with van der Waals surface area (Å²) in [4.78, 5) is 10.3.